The van der Waals surface area contributed by atoms with Crippen molar-refractivity contribution in [1.82, 2.24) is 15.2 Å². The first-order valence-electron chi connectivity index (χ1n) is 14.2. The molecular weight excluding hydrogens is 598 g/mol. The fourth-order valence-electron chi connectivity index (χ4n) is 4.81. The van der Waals surface area contributed by atoms with E-state index in [2.05, 4.69) is 10.6 Å². The summed E-state index contributed by atoms with van der Waals surface area (Å²) < 4.78 is 6.95. The van der Waals surface area contributed by atoms with Crippen molar-refractivity contribution in [2.45, 2.75) is 50.4 Å². The van der Waals surface area contributed by atoms with Crippen molar-refractivity contribution in [3.8, 4) is 0 Å². The van der Waals surface area contributed by atoms with Gasteiger partial charge in [0.05, 0.1) is 11.6 Å². The van der Waals surface area contributed by atoms with Crippen molar-refractivity contribution in [2.75, 3.05) is 0 Å². The molecule has 0 radical (unpaired) electrons. The minimum absolute atomic E-state index is 0. The molecule has 0 bridgehead atoms. The minimum atomic E-state index is -1.19. The standard InChI is InChI=1S/C33H35N5O6.ClH/c34-26(15-16-30(35)40)31(41)36-27(18-24-19-38(21-39)29-14-8-7-13-25(24)29)32(42)37-28(17-22-9-3-1-4-10-22)33(43)44-20-23-11-5-2-6-12-23;/h1-14,19,21,26-28H,15-18,20,34H2,(H2,35,40)(H,36,41)(H,37,42);1H/t26-,27+,28-;/m0./s1. The van der Waals surface area contributed by atoms with E-state index in [1.807, 2.05) is 60.7 Å². The number of nitrogens with one attached hydrogen (secondary N) is 2. The van der Waals surface area contributed by atoms with Crippen LogP contribution in [0.3, 0.4) is 0 Å². The van der Waals surface area contributed by atoms with Gasteiger partial charge >= 0.3 is 5.97 Å². The van der Waals surface area contributed by atoms with Gasteiger partial charge in [0.1, 0.15) is 18.7 Å². The van der Waals surface area contributed by atoms with E-state index in [1.54, 1.807) is 30.5 Å². The van der Waals surface area contributed by atoms with E-state index in [4.69, 9.17) is 16.2 Å². The number of carbonyl (C=O) groups excluding carboxylic acids is 5. The number of hydrogen-bond donors (Lipinski definition) is 4. The Labute approximate surface area is 266 Å². The SMILES string of the molecule is Cl.NC(=O)CC[C@H](N)C(=O)N[C@H](Cc1cn(C=O)c2ccccc12)C(=O)N[C@@H](Cc1ccccc1)C(=O)OCc1ccccc1. The van der Waals surface area contributed by atoms with Crippen LogP contribution in [-0.2, 0) is 48.2 Å². The summed E-state index contributed by atoms with van der Waals surface area (Å²) in [6.45, 7) is 0.0148. The molecule has 1 aromatic heterocycles. The molecule has 11 nitrogen and oxygen atoms in total. The lowest BCUT2D eigenvalue weighted by Crippen LogP contribution is -2.55. The van der Waals surface area contributed by atoms with E-state index in [1.165, 1.54) is 4.57 Å². The van der Waals surface area contributed by atoms with Gasteiger partial charge in [-0.15, -0.1) is 12.4 Å². The highest BCUT2D eigenvalue weighted by Crippen LogP contribution is 2.22. The maximum Gasteiger partial charge on any atom is 0.329 e. The predicted molar refractivity (Wildman–Crippen MR) is 172 cm³/mol. The second-order valence-corrected chi connectivity index (χ2v) is 10.4. The number of esters is 1. The fraction of sp³-hybridized carbons (Fsp3) is 0.242. The van der Waals surface area contributed by atoms with Crippen molar-refractivity contribution in [3.05, 3.63) is 108 Å². The molecule has 4 aromatic rings. The van der Waals surface area contributed by atoms with Gasteiger partial charge in [0.2, 0.25) is 24.1 Å². The predicted octanol–water partition coefficient (Wildman–Crippen LogP) is 2.19. The number of rotatable bonds is 15. The summed E-state index contributed by atoms with van der Waals surface area (Å²) in [6.07, 6.45) is 2.25. The van der Waals surface area contributed by atoms with Crippen LogP contribution in [0.2, 0.25) is 0 Å². The highest BCUT2D eigenvalue weighted by atomic mass is 35.5. The number of halogens is 1. The Morgan fingerprint density at radius 1 is 0.800 bits per heavy atom. The van der Waals surface area contributed by atoms with Crippen molar-refractivity contribution in [2.24, 2.45) is 11.5 Å². The number of fused-ring (bicyclic) bond motifs is 1. The third-order valence-electron chi connectivity index (χ3n) is 7.14. The lowest BCUT2D eigenvalue weighted by Gasteiger charge is -2.24. The molecule has 12 heteroatoms. The molecule has 0 spiro atoms. The number of carbonyl (C=O) groups is 5. The largest absolute Gasteiger partial charge is 0.459 e. The molecule has 0 aliphatic carbocycles. The van der Waals surface area contributed by atoms with Gasteiger partial charge in [-0.25, -0.2) is 4.79 Å². The maximum absolute atomic E-state index is 13.8. The number of nitrogens with zero attached hydrogens (tertiary/aromatic N) is 1. The number of para-hydroxylation sites is 1. The Morgan fingerprint density at radius 2 is 1.40 bits per heavy atom. The molecule has 6 N–H and O–H groups in total. The van der Waals surface area contributed by atoms with Crippen LogP contribution in [0.5, 0.6) is 0 Å². The fourth-order valence-corrected chi connectivity index (χ4v) is 4.81. The first-order valence-corrected chi connectivity index (χ1v) is 14.2. The first-order chi connectivity index (χ1) is 21.2. The molecule has 45 heavy (non-hydrogen) atoms. The van der Waals surface area contributed by atoms with Crippen LogP contribution in [0.1, 0.15) is 29.5 Å². The summed E-state index contributed by atoms with van der Waals surface area (Å²) in [6, 6.07) is 22.1. The minimum Gasteiger partial charge on any atom is -0.459 e. The molecule has 3 amide bonds. The van der Waals surface area contributed by atoms with Gasteiger partial charge in [-0.2, -0.15) is 0 Å². The van der Waals surface area contributed by atoms with Crippen molar-refractivity contribution in [1.29, 1.82) is 0 Å². The molecule has 0 unspecified atom stereocenters. The molecule has 3 aromatic carbocycles. The Morgan fingerprint density at radius 3 is 2.04 bits per heavy atom. The molecule has 236 valence electrons. The molecule has 0 saturated carbocycles. The average Bonchev–Trinajstić information content (AvgIpc) is 3.40. The summed E-state index contributed by atoms with van der Waals surface area (Å²) in [5, 5.41) is 6.15. The van der Waals surface area contributed by atoms with Crippen LogP contribution in [0.15, 0.2) is 91.1 Å². The van der Waals surface area contributed by atoms with Gasteiger partial charge < -0.3 is 26.8 Å². The van der Waals surface area contributed by atoms with Crippen molar-refractivity contribution < 1.29 is 28.7 Å². The molecule has 0 fully saturated rings. The number of amides is 3. The van der Waals surface area contributed by atoms with E-state index in [0.717, 1.165) is 11.1 Å². The average molecular weight is 634 g/mol. The van der Waals surface area contributed by atoms with Gasteiger partial charge in [0.15, 0.2) is 0 Å². The molecule has 0 saturated heterocycles. The monoisotopic (exact) mass is 633 g/mol. The van der Waals surface area contributed by atoms with E-state index < -0.39 is 41.8 Å². The van der Waals surface area contributed by atoms with Crippen LogP contribution in [-0.4, -0.2) is 52.8 Å². The number of primary amides is 1. The van der Waals surface area contributed by atoms with Gasteiger partial charge in [0, 0.05) is 30.8 Å². The summed E-state index contributed by atoms with van der Waals surface area (Å²) in [5.41, 5.74) is 14.0. The van der Waals surface area contributed by atoms with Crippen LogP contribution in [0.25, 0.3) is 10.9 Å². The normalized spacial score (nSPS) is 12.6. The Hall–Kier alpha value is -5.00. The van der Waals surface area contributed by atoms with Gasteiger partial charge in [-0.3, -0.25) is 23.7 Å². The Bertz CT molecular complexity index is 1610. The van der Waals surface area contributed by atoms with E-state index in [-0.39, 0.29) is 44.7 Å². The summed E-state index contributed by atoms with van der Waals surface area (Å²) in [7, 11) is 0. The second kappa shape index (κ2) is 16.7. The number of benzene rings is 3. The molecule has 0 aliphatic heterocycles. The quantitative estimate of drug-likeness (QED) is 0.115. The molecule has 4 rings (SSSR count). The van der Waals surface area contributed by atoms with E-state index in [0.29, 0.717) is 22.9 Å². The zero-order valence-corrected chi connectivity index (χ0v) is 25.3. The van der Waals surface area contributed by atoms with E-state index in [9.17, 15) is 24.0 Å². The highest BCUT2D eigenvalue weighted by molar-refractivity contribution is 5.94. The highest BCUT2D eigenvalue weighted by Gasteiger charge is 2.30. The number of aromatic nitrogens is 1. The van der Waals surface area contributed by atoms with Crippen LogP contribution < -0.4 is 22.1 Å². The zero-order chi connectivity index (χ0) is 31.5. The van der Waals surface area contributed by atoms with Crippen molar-refractivity contribution in [3.63, 3.8) is 0 Å². The first kappa shape index (κ1) is 34.5. The van der Waals surface area contributed by atoms with Gasteiger partial charge in [0.25, 0.3) is 0 Å². The third-order valence-corrected chi connectivity index (χ3v) is 7.14. The topological polar surface area (TPSA) is 176 Å². The van der Waals surface area contributed by atoms with Crippen LogP contribution >= 0.6 is 12.4 Å². The van der Waals surface area contributed by atoms with Crippen molar-refractivity contribution >= 4 is 53.4 Å². The molecule has 3 atom stereocenters. The summed E-state index contributed by atoms with van der Waals surface area (Å²) in [5.74, 6) is -2.58. The van der Waals surface area contributed by atoms with Crippen LogP contribution in [0.4, 0.5) is 0 Å². The van der Waals surface area contributed by atoms with E-state index >= 15 is 0 Å². The van der Waals surface area contributed by atoms with Gasteiger partial charge in [-0.1, -0.05) is 78.9 Å². The molecular formula is C33H36ClN5O6. The molecule has 0 aliphatic rings. The zero-order valence-electron chi connectivity index (χ0n) is 24.5. The molecule has 1 heterocycles. The number of ether oxygens (including phenoxy) is 1. The third kappa shape index (κ3) is 9.75. The Balaban J connectivity index is 0.00000552. The lowest BCUT2D eigenvalue weighted by atomic mass is 10.0. The van der Waals surface area contributed by atoms with Crippen LogP contribution in [0, 0.1) is 0 Å². The lowest BCUT2D eigenvalue weighted by molar-refractivity contribution is -0.149. The summed E-state index contributed by atoms with van der Waals surface area (Å²) >= 11 is 0. The smallest absolute Gasteiger partial charge is 0.329 e. The summed E-state index contributed by atoms with van der Waals surface area (Å²) in [4.78, 5) is 63.1. The second-order valence-electron chi connectivity index (χ2n) is 10.4. The maximum atomic E-state index is 13.8. The van der Waals surface area contributed by atoms with Gasteiger partial charge in [-0.05, 0) is 29.2 Å². The Kier molecular flexibility index (Phi) is 12.8. The number of nitrogens with two attached hydrogens (primary N) is 2. The number of hydrogen-bond acceptors (Lipinski definition) is 7.